The van der Waals surface area contributed by atoms with Crippen molar-refractivity contribution in [3.8, 4) is 6.07 Å². The predicted molar refractivity (Wildman–Crippen MR) is 59.8 cm³/mol. The summed E-state index contributed by atoms with van der Waals surface area (Å²) < 4.78 is 14.4. The Balaban J connectivity index is 2.78. The van der Waals surface area contributed by atoms with Gasteiger partial charge in [0, 0.05) is 11.3 Å². The van der Waals surface area contributed by atoms with E-state index in [9.17, 15) is 4.39 Å². The van der Waals surface area contributed by atoms with E-state index in [2.05, 4.69) is 11.1 Å². The van der Waals surface area contributed by atoms with E-state index in [4.69, 9.17) is 5.26 Å². The van der Waals surface area contributed by atoms with E-state index in [1.54, 1.807) is 6.92 Å². The number of aryl methyl sites for hydroxylation is 2. The van der Waals surface area contributed by atoms with Crippen molar-refractivity contribution < 1.29 is 4.39 Å². The summed E-state index contributed by atoms with van der Waals surface area (Å²) in [4.78, 5) is 4.29. The molecule has 0 N–H and O–H groups in total. The summed E-state index contributed by atoms with van der Waals surface area (Å²) in [5.41, 5.74) is 2.23. The van der Waals surface area contributed by atoms with Gasteiger partial charge in [-0.3, -0.25) is 4.98 Å². The summed E-state index contributed by atoms with van der Waals surface area (Å²) in [5, 5.41) is 9.12. The van der Waals surface area contributed by atoms with Crippen molar-refractivity contribution in [1.82, 2.24) is 4.98 Å². The number of halogens is 1. The molecule has 1 aliphatic rings. The predicted octanol–water partition coefficient (Wildman–Crippen LogP) is 3.09. The third-order valence-corrected chi connectivity index (χ3v) is 3.37. The largest absolute Gasteiger partial charge is 0.257 e. The Morgan fingerprint density at radius 2 is 2.06 bits per heavy atom. The number of pyridine rings is 1. The first-order chi connectivity index (χ1) is 7.47. The molecule has 0 amide bonds. The van der Waals surface area contributed by atoms with E-state index in [0.717, 1.165) is 29.8 Å². The molecule has 1 aromatic heterocycles. The lowest BCUT2D eigenvalue weighted by atomic mass is 9.79. The molecule has 0 saturated heterocycles. The van der Waals surface area contributed by atoms with Crippen molar-refractivity contribution >= 4 is 0 Å². The van der Waals surface area contributed by atoms with Gasteiger partial charge in [-0.2, -0.15) is 5.26 Å². The van der Waals surface area contributed by atoms with Gasteiger partial charge in [-0.05, 0) is 45.6 Å². The number of aromatic nitrogens is 1. The van der Waals surface area contributed by atoms with Gasteiger partial charge in [0.2, 0.25) is 0 Å². The molecular weight excluding hydrogens is 203 g/mol. The highest BCUT2D eigenvalue weighted by Crippen LogP contribution is 2.41. The van der Waals surface area contributed by atoms with Gasteiger partial charge in [-0.25, -0.2) is 4.39 Å². The van der Waals surface area contributed by atoms with Gasteiger partial charge < -0.3 is 0 Å². The maximum atomic E-state index is 14.4. The van der Waals surface area contributed by atoms with Crippen molar-refractivity contribution in [2.24, 2.45) is 0 Å². The highest BCUT2D eigenvalue weighted by Gasteiger charge is 2.35. The molecule has 2 rings (SSSR count). The lowest BCUT2D eigenvalue weighted by Crippen LogP contribution is -2.26. The van der Waals surface area contributed by atoms with Crippen LogP contribution in [0.3, 0.4) is 0 Å². The van der Waals surface area contributed by atoms with Crippen molar-refractivity contribution in [2.45, 2.75) is 45.7 Å². The van der Waals surface area contributed by atoms with E-state index in [0.29, 0.717) is 17.5 Å². The number of nitrogens with zero attached hydrogens (tertiary/aromatic N) is 2. The molecule has 2 nitrogen and oxygen atoms in total. The fraction of sp³-hybridized carbons (Fsp3) is 0.538. The lowest BCUT2D eigenvalue weighted by molar-refractivity contribution is 0.160. The van der Waals surface area contributed by atoms with Crippen LogP contribution in [0.4, 0.5) is 4.39 Å². The van der Waals surface area contributed by atoms with Crippen LogP contribution in [-0.2, 0) is 12.1 Å². The number of hydrogen-bond donors (Lipinski definition) is 0. The van der Waals surface area contributed by atoms with E-state index >= 15 is 0 Å². The smallest absolute Gasteiger partial charge is 0.135 e. The molecule has 0 spiro atoms. The summed E-state index contributed by atoms with van der Waals surface area (Å²) >= 11 is 0. The minimum Gasteiger partial charge on any atom is -0.257 e. The minimum atomic E-state index is -1.33. The minimum absolute atomic E-state index is 0.524. The van der Waals surface area contributed by atoms with Crippen LogP contribution >= 0.6 is 0 Å². The van der Waals surface area contributed by atoms with Crippen LogP contribution < -0.4 is 0 Å². The van der Waals surface area contributed by atoms with E-state index in [-0.39, 0.29) is 0 Å². The van der Waals surface area contributed by atoms with Gasteiger partial charge in [0.05, 0.1) is 11.3 Å². The highest BCUT2D eigenvalue weighted by atomic mass is 19.1. The molecule has 1 heterocycles. The second-order valence-corrected chi connectivity index (χ2v) is 4.67. The SMILES string of the molecule is Cc1nc(C)c2c(c1C#N)CCCC2(C)F. The van der Waals surface area contributed by atoms with Gasteiger partial charge in [0.15, 0.2) is 0 Å². The fourth-order valence-corrected chi connectivity index (χ4v) is 2.74. The molecule has 1 atom stereocenters. The summed E-state index contributed by atoms with van der Waals surface area (Å²) in [7, 11) is 0. The van der Waals surface area contributed by atoms with E-state index in [1.165, 1.54) is 0 Å². The summed E-state index contributed by atoms with van der Waals surface area (Å²) in [6.07, 6.45) is 2.12. The summed E-state index contributed by atoms with van der Waals surface area (Å²) in [6.45, 7) is 5.24. The number of nitriles is 1. The number of hydrogen-bond acceptors (Lipinski definition) is 2. The van der Waals surface area contributed by atoms with E-state index < -0.39 is 5.67 Å². The molecule has 0 radical (unpaired) electrons. The number of fused-ring (bicyclic) bond motifs is 1. The van der Waals surface area contributed by atoms with Crippen LogP contribution in [-0.4, -0.2) is 4.98 Å². The lowest BCUT2D eigenvalue weighted by Gasteiger charge is -2.30. The average Bonchev–Trinajstić information content (AvgIpc) is 2.16. The molecule has 1 aromatic rings. The first-order valence-electron chi connectivity index (χ1n) is 5.57. The molecule has 16 heavy (non-hydrogen) atoms. The van der Waals surface area contributed by atoms with Gasteiger partial charge in [-0.1, -0.05) is 0 Å². The first-order valence-corrected chi connectivity index (χ1v) is 5.57. The summed E-state index contributed by atoms with van der Waals surface area (Å²) in [5.74, 6) is 0. The van der Waals surface area contributed by atoms with Gasteiger partial charge in [0.1, 0.15) is 11.7 Å². The average molecular weight is 218 g/mol. The van der Waals surface area contributed by atoms with Crippen LogP contribution in [0.15, 0.2) is 0 Å². The zero-order valence-corrected chi connectivity index (χ0v) is 9.89. The monoisotopic (exact) mass is 218 g/mol. The second kappa shape index (κ2) is 3.55. The van der Waals surface area contributed by atoms with Crippen molar-refractivity contribution in [3.63, 3.8) is 0 Å². The van der Waals surface area contributed by atoms with Crippen LogP contribution in [0.1, 0.15) is 47.8 Å². The molecule has 0 saturated carbocycles. The topological polar surface area (TPSA) is 36.7 Å². The van der Waals surface area contributed by atoms with Gasteiger partial charge in [-0.15, -0.1) is 0 Å². The molecule has 84 valence electrons. The quantitative estimate of drug-likeness (QED) is 0.671. The highest BCUT2D eigenvalue weighted by molar-refractivity contribution is 5.50. The Morgan fingerprint density at radius 1 is 1.38 bits per heavy atom. The van der Waals surface area contributed by atoms with Crippen LogP contribution in [0.2, 0.25) is 0 Å². The van der Waals surface area contributed by atoms with Crippen LogP contribution in [0, 0.1) is 25.2 Å². The standard InChI is InChI=1S/C13H15FN2/c1-8-11(7-15)10-5-4-6-13(3,14)12(10)9(2)16-8/h4-6H2,1-3H3. The molecule has 0 bridgehead atoms. The van der Waals surface area contributed by atoms with Crippen LogP contribution in [0.5, 0.6) is 0 Å². The van der Waals surface area contributed by atoms with Crippen molar-refractivity contribution in [2.75, 3.05) is 0 Å². The molecule has 1 unspecified atom stereocenters. The maximum absolute atomic E-state index is 14.4. The van der Waals surface area contributed by atoms with Gasteiger partial charge >= 0.3 is 0 Å². The second-order valence-electron chi connectivity index (χ2n) is 4.67. The Hall–Kier alpha value is -1.43. The van der Waals surface area contributed by atoms with E-state index in [1.807, 2.05) is 13.8 Å². The maximum Gasteiger partial charge on any atom is 0.135 e. The molecule has 0 aliphatic heterocycles. The van der Waals surface area contributed by atoms with Crippen LogP contribution in [0.25, 0.3) is 0 Å². The Labute approximate surface area is 95.1 Å². The fourth-order valence-electron chi connectivity index (χ4n) is 2.74. The number of rotatable bonds is 0. The van der Waals surface area contributed by atoms with Crippen molar-refractivity contribution in [1.29, 1.82) is 5.26 Å². The zero-order valence-electron chi connectivity index (χ0n) is 9.89. The zero-order chi connectivity index (χ0) is 11.9. The van der Waals surface area contributed by atoms with Gasteiger partial charge in [0.25, 0.3) is 0 Å². The molecule has 0 aromatic carbocycles. The third kappa shape index (κ3) is 1.49. The van der Waals surface area contributed by atoms with Crippen molar-refractivity contribution in [3.05, 3.63) is 28.1 Å². The Kier molecular flexibility index (Phi) is 2.46. The molecule has 0 fully saturated rings. The molecule has 1 aliphatic carbocycles. The third-order valence-electron chi connectivity index (χ3n) is 3.37. The molecular formula is C13H15FN2. The molecule has 3 heteroatoms. The Morgan fingerprint density at radius 3 is 2.69 bits per heavy atom. The first kappa shape index (κ1) is 11.1. The normalized spacial score (nSPS) is 23.7. The summed E-state index contributed by atoms with van der Waals surface area (Å²) in [6, 6.07) is 2.16. The Bertz CT molecular complexity index is 484. The number of alkyl halides is 1.